The summed E-state index contributed by atoms with van der Waals surface area (Å²) in [4.78, 5) is 10.8. The summed E-state index contributed by atoms with van der Waals surface area (Å²) in [7, 11) is 0. The maximum atomic E-state index is 10.8. The van der Waals surface area contributed by atoms with Crippen molar-refractivity contribution >= 4 is 11.8 Å². The summed E-state index contributed by atoms with van der Waals surface area (Å²) < 4.78 is 1.84. The molecule has 0 unspecified atom stereocenters. The zero-order valence-electron chi connectivity index (χ0n) is 7.10. The zero-order valence-corrected chi connectivity index (χ0v) is 7.10. The number of fused-ring (bicyclic) bond motifs is 1. The average molecular weight is 174 g/mol. The molecule has 2 heterocycles. The van der Waals surface area contributed by atoms with Gasteiger partial charge in [0.15, 0.2) is 6.29 Å². The SMILES string of the molecule is NCc1cc2ccccn2c1C=O. The van der Waals surface area contributed by atoms with E-state index in [4.69, 9.17) is 5.73 Å². The Morgan fingerprint density at radius 3 is 3.00 bits per heavy atom. The van der Waals surface area contributed by atoms with Crippen LogP contribution >= 0.6 is 0 Å². The van der Waals surface area contributed by atoms with Gasteiger partial charge in [0.1, 0.15) is 0 Å². The van der Waals surface area contributed by atoms with Gasteiger partial charge in [-0.05, 0) is 23.8 Å². The number of rotatable bonds is 2. The molecule has 0 atom stereocenters. The molecule has 0 amide bonds. The van der Waals surface area contributed by atoms with E-state index in [9.17, 15) is 4.79 Å². The lowest BCUT2D eigenvalue weighted by molar-refractivity contribution is 0.111. The number of carbonyl (C=O) groups is 1. The highest BCUT2D eigenvalue weighted by atomic mass is 16.1. The Morgan fingerprint density at radius 2 is 2.31 bits per heavy atom. The van der Waals surface area contributed by atoms with Crippen LogP contribution in [0.5, 0.6) is 0 Å². The molecule has 0 aliphatic carbocycles. The second-order valence-electron chi connectivity index (χ2n) is 2.87. The molecule has 0 saturated heterocycles. The Kier molecular flexibility index (Phi) is 1.87. The van der Waals surface area contributed by atoms with Gasteiger partial charge in [-0.15, -0.1) is 0 Å². The summed E-state index contributed by atoms with van der Waals surface area (Å²) in [6.45, 7) is 0.399. The maximum absolute atomic E-state index is 10.8. The summed E-state index contributed by atoms with van der Waals surface area (Å²) in [5.74, 6) is 0. The van der Waals surface area contributed by atoms with E-state index in [1.165, 1.54) is 0 Å². The van der Waals surface area contributed by atoms with E-state index in [1.807, 2.05) is 34.9 Å². The topological polar surface area (TPSA) is 47.5 Å². The van der Waals surface area contributed by atoms with E-state index < -0.39 is 0 Å². The lowest BCUT2D eigenvalue weighted by Crippen LogP contribution is -2.00. The molecular weight excluding hydrogens is 164 g/mol. The lowest BCUT2D eigenvalue weighted by atomic mass is 10.2. The van der Waals surface area contributed by atoms with Gasteiger partial charge >= 0.3 is 0 Å². The third kappa shape index (κ3) is 1.13. The van der Waals surface area contributed by atoms with Crippen molar-refractivity contribution in [2.75, 3.05) is 0 Å². The zero-order chi connectivity index (χ0) is 9.26. The average Bonchev–Trinajstić information content (AvgIpc) is 2.55. The molecule has 0 aliphatic rings. The fourth-order valence-electron chi connectivity index (χ4n) is 1.50. The van der Waals surface area contributed by atoms with Crippen LogP contribution in [-0.2, 0) is 6.54 Å². The molecule has 2 aromatic rings. The number of carbonyl (C=O) groups excluding carboxylic acids is 1. The highest BCUT2D eigenvalue weighted by Gasteiger charge is 2.06. The Balaban J connectivity index is 2.81. The smallest absolute Gasteiger partial charge is 0.167 e. The lowest BCUT2D eigenvalue weighted by Gasteiger charge is -1.95. The van der Waals surface area contributed by atoms with Crippen molar-refractivity contribution in [2.24, 2.45) is 5.73 Å². The van der Waals surface area contributed by atoms with Crippen LogP contribution in [0.2, 0.25) is 0 Å². The minimum atomic E-state index is 0.399. The van der Waals surface area contributed by atoms with Crippen LogP contribution in [-0.4, -0.2) is 10.7 Å². The van der Waals surface area contributed by atoms with Crippen molar-refractivity contribution in [1.82, 2.24) is 4.40 Å². The van der Waals surface area contributed by atoms with Crippen LogP contribution in [0.3, 0.4) is 0 Å². The summed E-state index contributed by atoms with van der Waals surface area (Å²) in [5, 5.41) is 0. The molecule has 0 bridgehead atoms. The molecule has 0 spiro atoms. The summed E-state index contributed by atoms with van der Waals surface area (Å²) in [6.07, 6.45) is 2.70. The first-order valence-corrected chi connectivity index (χ1v) is 4.11. The fraction of sp³-hybridized carbons (Fsp3) is 0.100. The number of nitrogens with zero attached hydrogens (tertiary/aromatic N) is 1. The minimum Gasteiger partial charge on any atom is -0.326 e. The second-order valence-corrected chi connectivity index (χ2v) is 2.87. The first-order valence-electron chi connectivity index (χ1n) is 4.11. The predicted octanol–water partition coefficient (Wildman–Crippen LogP) is 1.21. The Bertz CT molecular complexity index is 445. The van der Waals surface area contributed by atoms with Crippen molar-refractivity contribution in [3.05, 3.63) is 41.7 Å². The summed E-state index contributed by atoms with van der Waals surface area (Å²) in [6, 6.07) is 7.71. The van der Waals surface area contributed by atoms with Gasteiger partial charge in [-0.25, -0.2) is 0 Å². The minimum absolute atomic E-state index is 0.399. The van der Waals surface area contributed by atoms with Gasteiger partial charge < -0.3 is 10.1 Å². The van der Waals surface area contributed by atoms with Crippen molar-refractivity contribution < 1.29 is 4.79 Å². The van der Waals surface area contributed by atoms with E-state index in [1.54, 1.807) is 0 Å². The van der Waals surface area contributed by atoms with Gasteiger partial charge in [0.05, 0.1) is 5.69 Å². The molecule has 3 heteroatoms. The summed E-state index contributed by atoms with van der Waals surface area (Å²) >= 11 is 0. The van der Waals surface area contributed by atoms with Gasteiger partial charge in [-0.3, -0.25) is 4.79 Å². The molecule has 66 valence electrons. The number of aldehydes is 1. The Hall–Kier alpha value is -1.61. The highest BCUT2D eigenvalue weighted by molar-refractivity contribution is 5.78. The van der Waals surface area contributed by atoms with E-state index >= 15 is 0 Å². The highest BCUT2D eigenvalue weighted by Crippen LogP contribution is 2.14. The number of nitrogens with two attached hydrogens (primary N) is 1. The molecular formula is C10H10N2O. The van der Waals surface area contributed by atoms with Gasteiger partial charge in [-0.2, -0.15) is 0 Å². The molecule has 0 fully saturated rings. The van der Waals surface area contributed by atoms with Crippen LogP contribution in [0.4, 0.5) is 0 Å². The molecule has 0 aliphatic heterocycles. The Labute approximate surface area is 75.8 Å². The first-order chi connectivity index (χ1) is 6.36. The normalized spacial score (nSPS) is 10.5. The van der Waals surface area contributed by atoms with E-state index in [0.29, 0.717) is 12.2 Å². The number of hydrogen-bond acceptors (Lipinski definition) is 2. The predicted molar refractivity (Wildman–Crippen MR) is 50.7 cm³/mol. The Morgan fingerprint density at radius 1 is 1.46 bits per heavy atom. The molecule has 2 N–H and O–H groups in total. The molecule has 3 nitrogen and oxygen atoms in total. The van der Waals surface area contributed by atoms with Crippen molar-refractivity contribution in [3.63, 3.8) is 0 Å². The van der Waals surface area contributed by atoms with E-state index in [0.717, 1.165) is 17.4 Å². The third-order valence-electron chi connectivity index (χ3n) is 2.13. The quantitative estimate of drug-likeness (QED) is 0.695. The van der Waals surface area contributed by atoms with E-state index in [-0.39, 0.29) is 0 Å². The molecule has 0 saturated carbocycles. The van der Waals surface area contributed by atoms with Crippen molar-refractivity contribution in [2.45, 2.75) is 6.54 Å². The number of aromatic nitrogens is 1. The standard InChI is InChI=1S/C10H10N2O/c11-6-8-5-9-3-1-2-4-12(9)10(8)7-13/h1-5,7H,6,11H2. The second kappa shape index (κ2) is 3.03. The molecule has 0 aromatic carbocycles. The van der Waals surface area contributed by atoms with Crippen LogP contribution in [0.25, 0.3) is 5.52 Å². The number of hydrogen-bond donors (Lipinski definition) is 1. The van der Waals surface area contributed by atoms with Gasteiger partial charge in [0.2, 0.25) is 0 Å². The number of pyridine rings is 1. The van der Waals surface area contributed by atoms with Crippen LogP contribution < -0.4 is 5.73 Å². The molecule has 13 heavy (non-hydrogen) atoms. The van der Waals surface area contributed by atoms with Crippen LogP contribution in [0, 0.1) is 0 Å². The van der Waals surface area contributed by atoms with Crippen LogP contribution in [0.15, 0.2) is 30.5 Å². The van der Waals surface area contributed by atoms with Gasteiger partial charge in [0.25, 0.3) is 0 Å². The molecule has 2 aromatic heterocycles. The fourth-order valence-corrected chi connectivity index (χ4v) is 1.50. The largest absolute Gasteiger partial charge is 0.326 e. The van der Waals surface area contributed by atoms with Crippen LogP contribution in [0.1, 0.15) is 16.1 Å². The maximum Gasteiger partial charge on any atom is 0.167 e. The molecule has 0 radical (unpaired) electrons. The van der Waals surface area contributed by atoms with Gasteiger partial charge in [-0.1, -0.05) is 6.07 Å². The summed E-state index contributed by atoms with van der Waals surface area (Å²) in [5.41, 5.74) is 8.06. The third-order valence-corrected chi connectivity index (χ3v) is 2.13. The molecule has 2 rings (SSSR count). The van der Waals surface area contributed by atoms with Crippen molar-refractivity contribution in [1.29, 1.82) is 0 Å². The van der Waals surface area contributed by atoms with Crippen molar-refractivity contribution in [3.8, 4) is 0 Å². The van der Waals surface area contributed by atoms with E-state index in [2.05, 4.69) is 0 Å². The monoisotopic (exact) mass is 174 g/mol. The van der Waals surface area contributed by atoms with Gasteiger partial charge in [0, 0.05) is 18.3 Å². The first kappa shape index (κ1) is 8.01.